The zero-order valence-corrected chi connectivity index (χ0v) is 20.8. The molecule has 7 nitrogen and oxygen atoms in total. The Morgan fingerprint density at radius 1 is 1.38 bits per heavy atom. The molecule has 0 aliphatic carbocycles. The van der Waals surface area contributed by atoms with Gasteiger partial charge in [-0.25, -0.2) is 0 Å². The number of amides is 1. The zero-order chi connectivity index (χ0) is 23.0. The number of aliphatic hydroxyl groups is 1. The van der Waals surface area contributed by atoms with Crippen molar-refractivity contribution in [3.63, 3.8) is 0 Å². The van der Waals surface area contributed by atoms with Gasteiger partial charge < -0.3 is 25.4 Å². The van der Waals surface area contributed by atoms with E-state index in [0.717, 1.165) is 18.6 Å². The van der Waals surface area contributed by atoms with Crippen LogP contribution in [0.4, 0.5) is 13.2 Å². The van der Waals surface area contributed by atoms with E-state index in [-0.39, 0.29) is 60.7 Å². The molecule has 11 heteroatoms. The Morgan fingerprint density at radius 2 is 2.09 bits per heavy atom. The summed E-state index contributed by atoms with van der Waals surface area (Å²) in [6.07, 6.45) is -4.65. The van der Waals surface area contributed by atoms with E-state index in [4.69, 9.17) is 4.74 Å². The van der Waals surface area contributed by atoms with Crippen molar-refractivity contribution >= 4 is 35.8 Å². The largest absolute Gasteiger partial charge is 0.491 e. The van der Waals surface area contributed by atoms with Crippen molar-refractivity contribution in [2.24, 2.45) is 10.9 Å². The number of ether oxygens (including phenoxy) is 1. The molecule has 0 bridgehead atoms. The molecule has 3 N–H and O–H groups in total. The lowest BCUT2D eigenvalue weighted by atomic mass is 10.2. The molecule has 1 aliphatic rings. The first-order valence-electron chi connectivity index (χ1n) is 10.4. The molecule has 182 valence electrons. The molecule has 1 aromatic carbocycles. The molecule has 0 radical (unpaired) electrons. The average Bonchev–Trinajstić information content (AvgIpc) is 3.18. The molecule has 2 rings (SSSR count). The Morgan fingerprint density at radius 3 is 2.72 bits per heavy atom. The third-order valence-corrected chi connectivity index (χ3v) is 4.74. The smallest absolute Gasteiger partial charge is 0.416 e. The number of aliphatic hydroxyl groups excluding tert-OH is 1. The highest BCUT2D eigenvalue weighted by molar-refractivity contribution is 14.0. The lowest BCUT2D eigenvalue weighted by Gasteiger charge is -2.20. The minimum Gasteiger partial charge on any atom is -0.491 e. The number of carbonyl (C=O) groups excluding carboxylic acids is 1. The van der Waals surface area contributed by atoms with Gasteiger partial charge in [0.15, 0.2) is 5.96 Å². The van der Waals surface area contributed by atoms with Gasteiger partial charge in [-0.1, -0.05) is 19.9 Å². The summed E-state index contributed by atoms with van der Waals surface area (Å²) in [5.41, 5.74) is -0.808. The van der Waals surface area contributed by atoms with E-state index in [1.54, 1.807) is 0 Å². The van der Waals surface area contributed by atoms with Crippen LogP contribution < -0.4 is 15.4 Å². The maximum Gasteiger partial charge on any atom is 0.416 e. The Kier molecular flexibility index (Phi) is 11.5. The molecular weight excluding hydrogens is 540 g/mol. The Hall–Kier alpha value is -1.76. The van der Waals surface area contributed by atoms with Crippen molar-refractivity contribution in [3.05, 3.63) is 29.8 Å². The summed E-state index contributed by atoms with van der Waals surface area (Å²) in [5, 5.41) is 16.5. The summed E-state index contributed by atoms with van der Waals surface area (Å²) in [6, 6.07) is 4.57. The fourth-order valence-corrected chi connectivity index (χ4v) is 3.16. The predicted molar refractivity (Wildman–Crippen MR) is 127 cm³/mol. The number of nitrogens with zero attached hydrogens (tertiary/aromatic N) is 2. The summed E-state index contributed by atoms with van der Waals surface area (Å²) in [5.74, 6) is 0.606. The number of carbonyl (C=O) groups is 1. The maximum absolute atomic E-state index is 12.8. The minimum atomic E-state index is -4.45. The van der Waals surface area contributed by atoms with Gasteiger partial charge in [0.05, 0.1) is 12.1 Å². The Labute approximate surface area is 203 Å². The molecule has 0 spiro atoms. The summed E-state index contributed by atoms with van der Waals surface area (Å²) in [4.78, 5) is 18.3. The Bertz CT molecular complexity index is 762. The van der Waals surface area contributed by atoms with Crippen molar-refractivity contribution in [2.45, 2.75) is 45.5 Å². The SMILES string of the molecule is CCNC(=NCC(O)COc1cccc(C(F)(F)F)c1)NC1CCN(C(=O)C(C)C)C1.I. The van der Waals surface area contributed by atoms with E-state index in [1.807, 2.05) is 25.7 Å². The Balaban J connectivity index is 0.00000512. The third kappa shape index (κ3) is 9.00. The van der Waals surface area contributed by atoms with Gasteiger partial charge in [-0.2, -0.15) is 13.2 Å². The first-order valence-corrected chi connectivity index (χ1v) is 10.4. The van der Waals surface area contributed by atoms with Crippen molar-refractivity contribution in [1.29, 1.82) is 0 Å². The number of guanidine groups is 1. The van der Waals surface area contributed by atoms with E-state index < -0.39 is 17.8 Å². The van der Waals surface area contributed by atoms with Crippen LogP contribution in [0.25, 0.3) is 0 Å². The molecule has 1 aromatic rings. The average molecular weight is 572 g/mol. The van der Waals surface area contributed by atoms with Gasteiger partial charge in [0.2, 0.25) is 5.91 Å². The van der Waals surface area contributed by atoms with E-state index in [0.29, 0.717) is 25.6 Å². The lowest BCUT2D eigenvalue weighted by Crippen LogP contribution is -2.45. The quantitative estimate of drug-likeness (QED) is 0.254. The van der Waals surface area contributed by atoms with E-state index >= 15 is 0 Å². The van der Waals surface area contributed by atoms with Crippen LogP contribution >= 0.6 is 24.0 Å². The fraction of sp³-hybridized carbons (Fsp3) is 0.619. The van der Waals surface area contributed by atoms with Crippen molar-refractivity contribution in [1.82, 2.24) is 15.5 Å². The summed E-state index contributed by atoms with van der Waals surface area (Å²) in [6.45, 7) is 7.36. The van der Waals surface area contributed by atoms with Crippen LogP contribution in [0, 0.1) is 5.92 Å². The lowest BCUT2D eigenvalue weighted by molar-refractivity contribution is -0.137. The number of likely N-dealkylation sites (tertiary alicyclic amines) is 1. The van der Waals surface area contributed by atoms with E-state index in [1.165, 1.54) is 12.1 Å². The van der Waals surface area contributed by atoms with Crippen molar-refractivity contribution in [3.8, 4) is 5.75 Å². The highest BCUT2D eigenvalue weighted by atomic mass is 127. The number of benzene rings is 1. The molecular formula is C21H32F3IN4O3. The second kappa shape index (κ2) is 13.1. The van der Waals surface area contributed by atoms with Crippen LogP contribution in [0.15, 0.2) is 29.3 Å². The van der Waals surface area contributed by atoms with Gasteiger partial charge >= 0.3 is 6.18 Å². The maximum atomic E-state index is 12.8. The van der Waals surface area contributed by atoms with Gasteiger partial charge in [-0.3, -0.25) is 9.79 Å². The number of aliphatic imine (C=N–C) groups is 1. The topological polar surface area (TPSA) is 86.2 Å². The van der Waals surface area contributed by atoms with Gasteiger partial charge in [0, 0.05) is 31.6 Å². The van der Waals surface area contributed by atoms with Gasteiger partial charge in [-0.05, 0) is 31.5 Å². The molecule has 2 atom stereocenters. The zero-order valence-electron chi connectivity index (χ0n) is 18.5. The highest BCUT2D eigenvalue weighted by Gasteiger charge is 2.31. The molecule has 1 heterocycles. The number of rotatable bonds is 8. The third-order valence-electron chi connectivity index (χ3n) is 4.74. The summed E-state index contributed by atoms with van der Waals surface area (Å²) < 4.78 is 43.6. The second-order valence-electron chi connectivity index (χ2n) is 7.78. The van der Waals surface area contributed by atoms with Crippen LogP contribution in [0.5, 0.6) is 5.75 Å². The number of nitrogens with one attached hydrogen (secondary N) is 2. The number of halogens is 4. The molecule has 1 aliphatic heterocycles. The molecule has 2 unspecified atom stereocenters. The van der Waals surface area contributed by atoms with E-state index in [9.17, 15) is 23.1 Å². The van der Waals surface area contributed by atoms with Crippen molar-refractivity contribution < 1.29 is 27.8 Å². The van der Waals surface area contributed by atoms with Gasteiger partial charge in [0.1, 0.15) is 18.5 Å². The van der Waals surface area contributed by atoms with Gasteiger partial charge in [0.25, 0.3) is 0 Å². The summed E-state index contributed by atoms with van der Waals surface area (Å²) >= 11 is 0. The van der Waals surface area contributed by atoms with Crippen LogP contribution in [0.3, 0.4) is 0 Å². The first-order chi connectivity index (χ1) is 14.6. The predicted octanol–water partition coefficient (Wildman–Crippen LogP) is 2.88. The molecule has 0 saturated carbocycles. The molecule has 32 heavy (non-hydrogen) atoms. The highest BCUT2D eigenvalue weighted by Crippen LogP contribution is 2.31. The second-order valence-corrected chi connectivity index (χ2v) is 7.78. The molecule has 1 amide bonds. The first kappa shape index (κ1) is 28.3. The molecule has 1 saturated heterocycles. The van der Waals surface area contributed by atoms with E-state index in [2.05, 4.69) is 15.6 Å². The fourth-order valence-electron chi connectivity index (χ4n) is 3.16. The summed E-state index contributed by atoms with van der Waals surface area (Å²) in [7, 11) is 0. The molecule has 1 fully saturated rings. The molecule has 0 aromatic heterocycles. The van der Waals surface area contributed by atoms with Crippen molar-refractivity contribution in [2.75, 3.05) is 32.8 Å². The minimum absolute atomic E-state index is 0. The standard InChI is InChI=1S/C21H31F3N4O3.HI/c1-4-25-20(27-16-8-9-28(12-16)19(30)14(2)3)26-11-17(29)13-31-18-7-5-6-15(10-18)21(22,23)24;/h5-7,10,14,16-17,29H,4,8-9,11-13H2,1-3H3,(H2,25,26,27);1H. The number of hydrogen-bond acceptors (Lipinski definition) is 4. The monoisotopic (exact) mass is 572 g/mol. The van der Waals surface area contributed by atoms with Crippen LogP contribution in [-0.2, 0) is 11.0 Å². The van der Waals surface area contributed by atoms with Crippen LogP contribution in [0.1, 0.15) is 32.8 Å². The van der Waals surface area contributed by atoms with Crippen LogP contribution in [-0.4, -0.2) is 66.8 Å². The number of hydrogen-bond donors (Lipinski definition) is 3. The van der Waals surface area contributed by atoms with Crippen LogP contribution in [0.2, 0.25) is 0 Å². The number of alkyl halides is 3. The normalized spacial score (nSPS) is 17.7. The van der Waals surface area contributed by atoms with Gasteiger partial charge in [-0.15, -0.1) is 24.0 Å².